The van der Waals surface area contributed by atoms with E-state index in [4.69, 9.17) is 23.2 Å². The molecule has 4 nitrogen and oxygen atoms in total. The monoisotopic (exact) mass is 259 g/mol. The molecule has 1 unspecified atom stereocenters. The molecule has 1 saturated heterocycles. The largest absolute Gasteiger partial charge is 0.415 e. The van der Waals surface area contributed by atoms with E-state index in [0.29, 0.717) is 15.6 Å². The third-order valence-corrected chi connectivity index (χ3v) is 2.81. The molecule has 1 aliphatic rings. The molecule has 1 fully saturated rings. The van der Waals surface area contributed by atoms with Crippen LogP contribution in [0.15, 0.2) is 18.2 Å². The van der Waals surface area contributed by atoms with Crippen LogP contribution in [0.1, 0.15) is 5.56 Å². The quantitative estimate of drug-likeness (QED) is 0.654. The number of amides is 1. The third-order valence-electron chi connectivity index (χ3n) is 2.20. The van der Waals surface area contributed by atoms with Crippen molar-refractivity contribution in [2.24, 2.45) is 0 Å². The van der Waals surface area contributed by atoms with Crippen molar-refractivity contribution in [2.45, 2.75) is 12.5 Å². The molecule has 1 amide bonds. The van der Waals surface area contributed by atoms with Crippen molar-refractivity contribution in [3.63, 3.8) is 0 Å². The Balaban J connectivity index is 2.18. The molecule has 0 aromatic heterocycles. The van der Waals surface area contributed by atoms with E-state index in [1.165, 1.54) is 0 Å². The van der Waals surface area contributed by atoms with Crippen LogP contribution in [0.25, 0.3) is 0 Å². The van der Waals surface area contributed by atoms with Gasteiger partial charge in [-0.05, 0) is 23.8 Å². The minimum absolute atomic E-state index is 0.268. The van der Waals surface area contributed by atoms with Gasteiger partial charge < -0.3 is 10.1 Å². The van der Waals surface area contributed by atoms with Gasteiger partial charge in [0.05, 0.1) is 0 Å². The van der Waals surface area contributed by atoms with Gasteiger partial charge in [0.15, 0.2) is 0 Å². The van der Waals surface area contributed by atoms with E-state index in [2.05, 4.69) is 10.1 Å². The number of cyclic esters (lactones) is 2. The van der Waals surface area contributed by atoms with Crippen molar-refractivity contribution in [3.05, 3.63) is 33.8 Å². The van der Waals surface area contributed by atoms with Crippen LogP contribution in [0.4, 0.5) is 4.79 Å². The molecule has 16 heavy (non-hydrogen) atoms. The minimum Gasteiger partial charge on any atom is -0.375 e. The SMILES string of the molecule is O=C1NC(Cc2cc(Cl)ccc2Cl)C(=O)O1. The summed E-state index contributed by atoms with van der Waals surface area (Å²) >= 11 is 11.7. The molecule has 0 spiro atoms. The molecule has 1 heterocycles. The number of alkyl carbamates (subject to hydrolysis) is 1. The molecule has 0 bridgehead atoms. The zero-order valence-electron chi connectivity index (χ0n) is 8.00. The molecular formula is C10H7Cl2NO3. The Morgan fingerprint density at radius 2 is 2.06 bits per heavy atom. The van der Waals surface area contributed by atoms with E-state index in [0.717, 1.165) is 0 Å². The van der Waals surface area contributed by atoms with Gasteiger partial charge in [-0.2, -0.15) is 0 Å². The fourth-order valence-electron chi connectivity index (χ4n) is 1.45. The normalized spacial score (nSPS) is 19.5. The molecule has 0 saturated carbocycles. The molecule has 84 valence electrons. The fraction of sp³-hybridized carbons (Fsp3) is 0.200. The maximum atomic E-state index is 11.2. The summed E-state index contributed by atoms with van der Waals surface area (Å²) in [4.78, 5) is 22.0. The average Bonchev–Trinajstić information content (AvgIpc) is 2.51. The lowest BCUT2D eigenvalue weighted by atomic mass is 10.1. The fourth-order valence-corrected chi connectivity index (χ4v) is 1.84. The Hall–Kier alpha value is -1.26. The highest BCUT2D eigenvalue weighted by Crippen LogP contribution is 2.22. The van der Waals surface area contributed by atoms with E-state index in [9.17, 15) is 9.59 Å². The summed E-state index contributed by atoms with van der Waals surface area (Å²) in [5.74, 6) is -0.596. The van der Waals surface area contributed by atoms with Gasteiger partial charge >= 0.3 is 12.1 Å². The lowest BCUT2D eigenvalue weighted by Crippen LogP contribution is -2.30. The third kappa shape index (κ3) is 2.28. The first-order valence-electron chi connectivity index (χ1n) is 4.52. The average molecular weight is 260 g/mol. The molecular weight excluding hydrogens is 253 g/mol. The Kier molecular flexibility index (Phi) is 3.03. The summed E-state index contributed by atoms with van der Waals surface area (Å²) < 4.78 is 4.35. The molecule has 0 aliphatic carbocycles. The highest BCUT2D eigenvalue weighted by Gasteiger charge is 2.32. The van der Waals surface area contributed by atoms with Gasteiger partial charge in [-0.25, -0.2) is 9.59 Å². The van der Waals surface area contributed by atoms with Crippen molar-refractivity contribution in [3.8, 4) is 0 Å². The summed E-state index contributed by atoms with van der Waals surface area (Å²) in [7, 11) is 0. The zero-order chi connectivity index (χ0) is 11.7. The van der Waals surface area contributed by atoms with Gasteiger partial charge in [-0.3, -0.25) is 0 Å². The molecule has 6 heteroatoms. The molecule has 1 atom stereocenters. The first-order chi connectivity index (χ1) is 7.56. The predicted octanol–water partition coefficient (Wildman–Crippen LogP) is 2.17. The lowest BCUT2D eigenvalue weighted by molar-refractivity contribution is -0.135. The molecule has 1 aliphatic heterocycles. The molecule has 1 aromatic carbocycles. The van der Waals surface area contributed by atoms with Crippen LogP contribution >= 0.6 is 23.2 Å². The summed E-state index contributed by atoms with van der Waals surface area (Å²) in [5, 5.41) is 3.41. The predicted molar refractivity (Wildman–Crippen MR) is 58.6 cm³/mol. The van der Waals surface area contributed by atoms with Gasteiger partial charge in [0.1, 0.15) is 6.04 Å². The van der Waals surface area contributed by atoms with Crippen LogP contribution < -0.4 is 5.32 Å². The maximum absolute atomic E-state index is 11.2. The number of rotatable bonds is 2. The molecule has 0 radical (unpaired) electrons. The smallest absolute Gasteiger partial charge is 0.375 e. The second kappa shape index (κ2) is 4.31. The van der Waals surface area contributed by atoms with Crippen molar-refractivity contribution < 1.29 is 14.3 Å². The Bertz CT molecular complexity index is 461. The summed E-state index contributed by atoms with van der Waals surface area (Å²) in [6.45, 7) is 0. The maximum Gasteiger partial charge on any atom is 0.415 e. The highest BCUT2D eigenvalue weighted by molar-refractivity contribution is 6.33. The number of nitrogens with one attached hydrogen (secondary N) is 1. The van der Waals surface area contributed by atoms with E-state index >= 15 is 0 Å². The number of halogens is 2. The van der Waals surface area contributed by atoms with Crippen LogP contribution in [0.5, 0.6) is 0 Å². The molecule has 2 rings (SSSR count). The van der Waals surface area contributed by atoms with Crippen LogP contribution in [-0.2, 0) is 16.0 Å². The summed E-state index contributed by atoms with van der Waals surface area (Å²) in [6.07, 6.45) is -0.461. The highest BCUT2D eigenvalue weighted by atomic mass is 35.5. The van der Waals surface area contributed by atoms with Crippen molar-refractivity contribution >= 4 is 35.3 Å². The van der Waals surface area contributed by atoms with Crippen molar-refractivity contribution in [1.29, 1.82) is 0 Å². The van der Waals surface area contributed by atoms with Gasteiger partial charge in [-0.15, -0.1) is 0 Å². The van der Waals surface area contributed by atoms with Crippen molar-refractivity contribution in [2.75, 3.05) is 0 Å². The number of hydrogen-bond acceptors (Lipinski definition) is 3. The second-order valence-electron chi connectivity index (χ2n) is 3.35. The van der Waals surface area contributed by atoms with Crippen LogP contribution in [0.2, 0.25) is 10.0 Å². The molecule has 1 aromatic rings. The number of carbonyl (C=O) groups is 2. The number of carbonyl (C=O) groups excluding carboxylic acids is 2. The van der Waals surface area contributed by atoms with Crippen LogP contribution in [0.3, 0.4) is 0 Å². The van der Waals surface area contributed by atoms with Crippen LogP contribution in [0, 0.1) is 0 Å². The number of ether oxygens (including phenoxy) is 1. The van der Waals surface area contributed by atoms with Gasteiger partial charge in [0.2, 0.25) is 0 Å². The van der Waals surface area contributed by atoms with Gasteiger partial charge in [0, 0.05) is 16.5 Å². The second-order valence-corrected chi connectivity index (χ2v) is 4.19. The van der Waals surface area contributed by atoms with Gasteiger partial charge in [-0.1, -0.05) is 23.2 Å². The Morgan fingerprint density at radius 1 is 1.31 bits per heavy atom. The van der Waals surface area contributed by atoms with E-state index in [1.807, 2.05) is 0 Å². The standard InChI is InChI=1S/C10H7Cl2NO3/c11-6-1-2-7(12)5(3-6)4-8-9(14)16-10(15)13-8/h1-3,8H,4H2,(H,13,15). The Labute approximate surface area is 101 Å². The number of hydrogen-bond donors (Lipinski definition) is 1. The van der Waals surface area contributed by atoms with Crippen LogP contribution in [-0.4, -0.2) is 18.1 Å². The zero-order valence-corrected chi connectivity index (χ0v) is 9.51. The first-order valence-corrected chi connectivity index (χ1v) is 5.28. The number of benzene rings is 1. The Morgan fingerprint density at radius 3 is 2.69 bits per heavy atom. The summed E-state index contributed by atoms with van der Waals surface area (Å²) in [6, 6.07) is 4.26. The first kappa shape index (κ1) is 11.2. The summed E-state index contributed by atoms with van der Waals surface area (Å²) in [5.41, 5.74) is 0.693. The molecule has 1 N–H and O–H groups in total. The van der Waals surface area contributed by atoms with E-state index < -0.39 is 18.1 Å². The van der Waals surface area contributed by atoms with Gasteiger partial charge in [0.25, 0.3) is 0 Å². The van der Waals surface area contributed by atoms with E-state index in [1.54, 1.807) is 18.2 Å². The van der Waals surface area contributed by atoms with E-state index in [-0.39, 0.29) is 6.42 Å². The number of esters is 1. The minimum atomic E-state index is -0.729. The lowest BCUT2D eigenvalue weighted by Gasteiger charge is -2.07. The van der Waals surface area contributed by atoms with Crippen molar-refractivity contribution in [1.82, 2.24) is 5.32 Å². The topological polar surface area (TPSA) is 55.4 Å².